The second kappa shape index (κ2) is 9.18. The molecule has 35 heavy (non-hydrogen) atoms. The van der Waals surface area contributed by atoms with Crippen molar-refractivity contribution in [1.29, 1.82) is 0 Å². The number of hydrogen-bond donors (Lipinski definition) is 0. The summed E-state index contributed by atoms with van der Waals surface area (Å²) < 4.78 is 1.68. The summed E-state index contributed by atoms with van der Waals surface area (Å²) in [6, 6.07) is 28.4. The Balaban J connectivity index is 1.68. The third-order valence-electron chi connectivity index (χ3n) is 6.71. The van der Waals surface area contributed by atoms with Gasteiger partial charge in [-0.15, -0.1) is 0 Å². The molecule has 5 aromatic rings. The van der Waals surface area contributed by atoms with Gasteiger partial charge in [-0.25, -0.2) is 4.98 Å². The standard InChI is InChI=1S/C30H27N3O2/c1-4-21-12-6-10-19-27(21)33-28(31-26-18-9-8-16-25(26)30(33)35)20(2)32(3)29(34)24-17-11-14-22-13-5-7-15-23(22)24/h5-20H,4H2,1-3H3. The summed E-state index contributed by atoms with van der Waals surface area (Å²) in [6.07, 6.45) is 0.772. The summed E-state index contributed by atoms with van der Waals surface area (Å²) in [7, 11) is 1.77. The van der Waals surface area contributed by atoms with Gasteiger partial charge >= 0.3 is 0 Å². The van der Waals surface area contributed by atoms with Crippen LogP contribution in [-0.2, 0) is 6.42 Å². The highest BCUT2D eigenvalue weighted by Gasteiger charge is 2.26. The second-order valence-corrected chi connectivity index (χ2v) is 8.73. The fraction of sp³-hybridized carbons (Fsp3) is 0.167. The molecule has 1 amide bonds. The molecule has 5 rings (SSSR count). The molecule has 0 aliphatic rings. The molecule has 0 aliphatic carbocycles. The summed E-state index contributed by atoms with van der Waals surface area (Å²) in [5, 5.41) is 2.47. The average molecular weight is 462 g/mol. The topological polar surface area (TPSA) is 55.2 Å². The van der Waals surface area contributed by atoms with E-state index in [-0.39, 0.29) is 11.5 Å². The lowest BCUT2D eigenvalue weighted by Gasteiger charge is -2.28. The Labute approximate surface area is 204 Å². The van der Waals surface area contributed by atoms with Crippen molar-refractivity contribution < 1.29 is 4.79 Å². The highest BCUT2D eigenvalue weighted by molar-refractivity contribution is 6.07. The van der Waals surface area contributed by atoms with Crippen LogP contribution in [0.25, 0.3) is 27.4 Å². The lowest BCUT2D eigenvalue weighted by Crippen LogP contribution is -2.35. The zero-order valence-electron chi connectivity index (χ0n) is 20.1. The lowest BCUT2D eigenvalue weighted by molar-refractivity contribution is 0.0737. The van der Waals surface area contributed by atoms with Crippen LogP contribution in [0.3, 0.4) is 0 Å². The lowest BCUT2D eigenvalue weighted by atomic mass is 10.0. The van der Waals surface area contributed by atoms with Crippen LogP contribution in [0, 0.1) is 0 Å². The Hall–Kier alpha value is -4.25. The number of para-hydroxylation sites is 2. The van der Waals surface area contributed by atoms with Crippen molar-refractivity contribution in [1.82, 2.24) is 14.5 Å². The van der Waals surface area contributed by atoms with Crippen LogP contribution in [0.1, 0.15) is 41.6 Å². The molecular weight excluding hydrogens is 434 g/mol. The number of fused-ring (bicyclic) bond motifs is 2. The quantitative estimate of drug-likeness (QED) is 0.326. The number of aryl methyl sites for hydroxylation is 1. The Bertz CT molecular complexity index is 1610. The van der Waals surface area contributed by atoms with E-state index in [9.17, 15) is 9.59 Å². The Morgan fingerprint density at radius 1 is 0.886 bits per heavy atom. The minimum absolute atomic E-state index is 0.118. The van der Waals surface area contributed by atoms with E-state index in [1.54, 1.807) is 22.6 Å². The fourth-order valence-corrected chi connectivity index (χ4v) is 4.64. The zero-order chi connectivity index (χ0) is 24.5. The van der Waals surface area contributed by atoms with Crippen molar-refractivity contribution in [3.05, 3.63) is 118 Å². The Morgan fingerprint density at radius 2 is 1.54 bits per heavy atom. The summed E-state index contributed by atoms with van der Waals surface area (Å²) in [5.74, 6) is 0.415. The van der Waals surface area contributed by atoms with E-state index >= 15 is 0 Å². The molecule has 0 N–H and O–H groups in total. The van der Waals surface area contributed by atoms with Gasteiger partial charge in [0.2, 0.25) is 0 Å². The molecule has 4 aromatic carbocycles. The van der Waals surface area contributed by atoms with Gasteiger partial charge in [-0.2, -0.15) is 0 Å². The maximum absolute atomic E-state index is 13.8. The molecule has 174 valence electrons. The number of carbonyl (C=O) groups excluding carboxylic acids is 1. The number of carbonyl (C=O) groups is 1. The molecule has 1 atom stereocenters. The van der Waals surface area contributed by atoms with Crippen molar-refractivity contribution in [3.8, 4) is 5.69 Å². The van der Waals surface area contributed by atoms with E-state index in [1.807, 2.05) is 91.9 Å². The smallest absolute Gasteiger partial charge is 0.266 e. The van der Waals surface area contributed by atoms with Gasteiger partial charge in [-0.05, 0) is 53.9 Å². The number of nitrogens with zero attached hydrogens (tertiary/aromatic N) is 3. The molecule has 0 fully saturated rings. The molecule has 1 aromatic heterocycles. The normalized spacial score (nSPS) is 12.1. The number of hydrogen-bond acceptors (Lipinski definition) is 3. The predicted molar refractivity (Wildman–Crippen MR) is 141 cm³/mol. The summed E-state index contributed by atoms with van der Waals surface area (Å²) in [5.41, 5.74) is 2.95. The van der Waals surface area contributed by atoms with Crippen LogP contribution in [0.5, 0.6) is 0 Å². The molecule has 0 aliphatic heterocycles. The molecule has 1 heterocycles. The van der Waals surface area contributed by atoms with Crippen LogP contribution in [-0.4, -0.2) is 27.4 Å². The molecule has 1 unspecified atom stereocenters. The maximum atomic E-state index is 13.8. The fourth-order valence-electron chi connectivity index (χ4n) is 4.64. The van der Waals surface area contributed by atoms with E-state index in [2.05, 4.69) is 6.92 Å². The number of rotatable bonds is 5. The second-order valence-electron chi connectivity index (χ2n) is 8.73. The summed E-state index contributed by atoms with van der Waals surface area (Å²) in [6.45, 7) is 3.99. The Morgan fingerprint density at radius 3 is 2.34 bits per heavy atom. The summed E-state index contributed by atoms with van der Waals surface area (Å²) >= 11 is 0. The van der Waals surface area contributed by atoms with Crippen molar-refractivity contribution in [2.24, 2.45) is 0 Å². The van der Waals surface area contributed by atoms with Crippen molar-refractivity contribution in [3.63, 3.8) is 0 Å². The van der Waals surface area contributed by atoms with Crippen molar-refractivity contribution in [2.75, 3.05) is 7.05 Å². The molecule has 0 saturated heterocycles. The van der Waals surface area contributed by atoms with E-state index in [0.29, 0.717) is 22.3 Å². The SMILES string of the molecule is CCc1ccccc1-n1c(C(C)N(C)C(=O)c2cccc3ccccc23)nc2ccccc2c1=O. The molecule has 5 nitrogen and oxygen atoms in total. The van der Waals surface area contributed by atoms with Gasteiger partial charge < -0.3 is 4.90 Å². The zero-order valence-corrected chi connectivity index (χ0v) is 20.1. The molecule has 0 spiro atoms. The number of aromatic nitrogens is 2. The van der Waals surface area contributed by atoms with Crippen LogP contribution in [0.15, 0.2) is 95.8 Å². The molecule has 0 radical (unpaired) electrons. The van der Waals surface area contributed by atoms with E-state index in [4.69, 9.17) is 4.98 Å². The van der Waals surface area contributed by atoms with E-state index in [1.165, 1.54) is 0 Å². The van der Waals surface area contributed by atoms with Crippen LogP contribution in [0.4, 0.5) is 0 Å². The molecule has 0 saturated carbocycles. The van der Waals surface area contributed by atoms with Gasteiger partial charge in [0, 0.05) is 12.6 Å². The van der Waals surface area contributed by atoms with Gasteiger partial charge in [0.1, 0.15) is 5.82 Å². The largest absolute Gasteiger partial charge is 0.332 e. The maximum Gasteiger partial charge on any atom is 0.266 e. The molecular formula is C30H27N3O2. The first-order valence-electron chi connectivity index (χ1n) is 11.9. The minimum Gasteiger partial charge on any atom is -0.332 e. The number of amides is 1. The summed E-state index contributed by atoms with van der Waals surface area (Å²) in [4.78, 5) is 34.1. The van der Waals surface area contributed by atoms with Crippen molar-refractivity contribution >= 4 is 27.6 Å². The molecule has 5 heteroatoms. The van der Waals surface area contributed by atoms with E-state index in [0.717, 1.165) is 28.4 Å². The van der Waals surface area contributed by atoms with Gasteiger partial charge in [0.05, 0.1) is 22.6 Å². The van der Waals surface area contributed by atoms with Crippen LogP contribution in [0.2, 0.25) is 0 Å². The Kier molecular flexibility index (Phi) is 5.91. The van der Waals surface area contributed by atoms with Crippen LogP contribution >= 0.6 is 0 Å². The highest BCUT2D eigenvalue weighted by atomic mass is 16.2. The van der Waals surface area contributed by atoms with Gasteiger partial charge in [0.25, 0.3) is 11.5 Å². The predicted octanol–water partition coefficient (Wildman–Crippen LogP) is 5.93. The van der Waals surface area contributed by atoms with Gasteiger partial charge in [0.15, 0.2) is 0 Å². The monoisotopic (exact) mass is 461 g/mol. The average Bonchev–Trinajstić information content (AvgIpc) is 2.91. The molecule has 0 bridgehead atoms. The van der Waals surface area contributed by atoms with Crippen molar-refractivity contribution in [2.45, 2.75) is 26.3 Å². The minimum atomic E-state index is -0.455. The van der Waals surface area contributed by atoms with Gasteiger partial charge in [-0.3, -0.25) is 14.2 Å². The van der Waals surface area contributed by atoms with Gasteiger partial charge in [-0.1, -0.05) is 73.7 Å². The third-order valence-corrected chi connectivity index (χ3v) is 6.71. The van der Waals surface area contributed by atoms with E-state index < -0.39 is 6.04 Å². The third kappa shape index (κ3) is 3.89. The first-order chi connectivity index (χ1) is 17.0. The number of benzene rings is 4. The highest BCUT2D eigenvalue weighted by Crippen LogP contribution is 2.27. The van der Waals surface area contributed by atoms with Crippen LogP contribution < -0.4 is 5.56 Å². The first kappa shape index (κ1) is 22.5. The first-order valence-corrected chi connectivity index (χ1v) is 11.9.